The van der Waals surface area contributed by atoms with Gasteiger partial charge in [-0.1, -0.05) is 0 Å². The van der Waals surface area contributed by atoms with Crippen LogP contribution in [0.2, 0.25) is 0 Å². The Balaban J connectivity index is 2.07. The van der Waals surface area contributed by atoms with Gasteiger partial charge < -0.3 is 10.5 Å². The fourth-order valence-electron chi connectivity index (χ4n) is 3.32. The zero-order chi connectivity index (χ0) is 12.7. The quantitative estimate of drug-likeness (QED) is 0.800. The molecule has 1 aliphatic heterocycles. The first-order valence-corrected chi connectivity index (χ1v) is 7.02. The molecule has 2 N–H and O–H groups in total. The minimum Gasteiger partial charge on any atom is -0.368 e. The average Bonchev–Trinajstić information content (AvgIpc) is 2.95. The Morgan fingerprint density at radius 1 is 1.24 bits per heavy atom. The highest BCUT2D eigenvalue weighted by Gasteiger charge is 2.50. The van der Waals surface area contributed by atoms with Crippen molar-refractivity contribution in [3.05, 3.63) is 0 Å². The Bertz CT molecular complexity index is 271. The predicted octanol–water partition coefficient (Wildman–Crippen LogP) is 2.15. The van der Waals surface area contributed by atoms with E-state index < -0.39 is 0 Å². The first-order valence-electron chi connectivity index (χ1n) is 7.02. The van der Waals surface area contributed by atoms with Crippen LogP contribution in [0.3, 0.4) is 0 Å². The third-order valence-electron chi connectivity index (χ3n) is 4.06. The lowest BCUT2D eigenvalue weighted by Crippen LogP contribution is -2.48. The largest absolute Gasteiger partial charge is 0.368 e. The van der Waals surface area contributed by atoms with Gasteiger partial charge in [-0.15, -0.1) is 0 Å². The fraction of sp³-hybridized carbons (Fsp3) is 1.00. The minimum absolute atomic E-state index is 0.0179. The van der Waals surface area contributed by atoms with Crippen molar-refractivity contribution in [1.82, 2.24) is 4.90 Å². The first-order chi connectivity index (χ1) is 7.86. The van der Waals surface area contributed by atoms with Gasteiger partial charge in [0.1, 0.15) is 0 Å². The molecule has 1 saturated carbocycles. The maximum atomic E-state index is 6.21. The van der Waals surface area contributed by atoms with E-state index in [2.05, 4.69) is 32.6 Å². The predicted molar refractivity (Wildman–Crippen MR) is 71.0 cm³/mol. The molecule has 0 amide bonds. The van der Waals surface area contributed by atoms with Gasteiger partial charge in [0.05, 0.1) is 11.2 Å². The van der Waals surface area contributed by atoms with E-state index in [1.165, 1.54) is 12.8 Å². The number of nitrogens with zero attached hydrogens (tertiary/aromatic N) is 1. The van der Waals surface area contributed by atoms with E-state index in [1.807, 2.05) is 0 Å². The smallest absolute Gasteiger partial charge is 0.0789 e. The van der Waals surface area contributed by atoms with Crippen molar-refractivity contribution in [3.63, 3.8) is 0 Å². The summed E-state index contributed by atoms with van der Waals surface area (Å²) in [7, 11) is 0. The Labute approximate surface area is 106 Å². The molecular formula is C14H28N2O. The molecule has 2 aliphatic rings. The van der Waals surface area contributed by atoms with Crippen molar-refractivity contribution in [2.24, 2.45) is 5.73 Å². The molecule has 1 atom stereocenters. The van der Waals surface area contributed by atoms with Crippen molar-refractivity contribution in [2.75, 3.05) is 13.1 Å². The van der Waals surface area contributed by atoms with Crippen LogP contribution in [-0.2, 0) is 4.74 Å². The van der Waals surface area contributed by atoms with Crippen LogP contribution in [0.4, 0.5) is 0 Å². The number of nitrogens with two attached hydrogens (primary N) is 1. The van der Waals surface area contributed by atoms with Gasteiger partial charge in [0.25, 0.3) is 0 Å². The molecule has 3 heteroatoms. The van der Waals surface area contributed by atoms with Gasteiger partial charge in [-0.25, -0.2) is 0 Å². The third-order valence-corrected chi connectivity index (χ3v) is 4.06. The van der Waals surface area contributed by atoms with E-state index in [0.29, 0.717) is 6.04 Å². The highest BCUT2D eigenvalue weighted by Crippen LogP contribution is 2.43. The summed E-state index contributed by atoms with van der Waals surface area (Å²) in [5, 5.41) is 0. The highest BCUT2D eigenvalue weighted by molar-refractivity contribution is 5.03. The molecule has 1 aliphatic carbocycles. The Hall–Kier alpha value is -0.120. The molecule has 0 aromatic rings. The lowest BCUT2D eigenvalue weighted by atomic mass is 9.92. The average molecular weight is 240 g/mol. The zero-order valence-corrected chi connectivity index (χ0v) is 11.8. The maximum Gasteiger partial charge on any atom is 0.0789 e. The molecule has 1 heterocycles. The van der Waals surface area contributed by atoms with Gasteiger partial charge in [0, 0.05) is 18.6 Å². The molecule has 0 aromatic heterocycles. The molecule has 0 spiro atoms. The summed E-state index contributed by atoms with van der Waals surface area (Å²) < 4.78 is 6.21. The van der Waals surface area contributed by atoms with Gasteiger partial charge in [0.2, 0.25) is 0 Å². The summed E-state index contributed by atoms with van der Waals surface area (Å²) in [6.07, 6.45) is 4.96. The molecule has 0 radical (unpaired) electrons. The molecule has 100 valence electrons. The molecule has 2 rings (SSSR count). The standard InChI is InChI=1S/C14H28N2O/c1-13(2)10-12(14(3,4)17-13)16(9-5-8-15)11-6-7-11/h11-12H,5-10,15H2,1-4H3. The van der Waals surface area contributed by atoms with E-state index in [4.69, 9.17) is 10.5 Å². The van der Waals surface area contributed by atoms with Gasteiger partial charge in [0.15, 0.2) is 0 Å². The van der Waals surface area contributed by atoms with E-state index in [9.17, 15) is 0 Å². The normalized spacial score (nSPS) is 31.1. The molecule has 1 unspecified atom stereocenters. The number of rotatable bonds is 5. The van der Waals surface area contributed by atoms with Crippen LogP contribution in [0.5, 0.6) is 0 Å². The highest BCUT2D eigenvalue weighted by atomic mass is 16.5. The summed E-state index contributed by atoms with van der Waals surface area (Å²) in [4.78, 5) is 2.67. The second-order valence-corrected chi connectivity index (χ2v) is 6.80. The molecule has 17 heavy (non-hydrogen) atoms. The monoisotopic (exact) mass is 240 g/mol. The van der Waals surface area contributed by atoms with E-state index in [-0.39, 0.29) is 11.2 Å². The second kappa shape index (κ2) is 4.52. The molecular weight excluding hydrogens is 212 g/mol. The Morgan fingerprint density at radius 2 is 1.88 bits per heavy atom. The van der Waals surface area contributed by atoms with Crippen molar-refractivity contribution < 1.29 is 4.74 Å². The summed E-state index contributed by atoms with van der Waals surface area (Å²) >= 11 is 0. The van der Waals surface area contributed by atoms with Crippen molar-refractivity contribution in [3.8, 4) is 0 Å². The molecule has 2 fully saturated rings. The Kier molecular flexibility index (Phi) is 3.54. The lowest BCUT2D eigenvalue weighted by molar-refractivity contribution is -0.0813. The van der Waals surface area contributed by atoms with Crippen LogP contribution in [0.25, 0.3) is 0 Å². The van der Waals surface area contributed by atoms with Gasteiger partial charge in [-0.2, -0.15) is 0 Å². The topological polar surface area (TPSA) is 38.5 Å². The number of hydrogen-bond acceptors (Lipinski definition) is 3. The second-order valence-electron chi connectivity index (χ2n) is 6.80. The third kappa shape index (κ3) is 3.01. The summed E-state index contributed by atoms with van der Waals surface area (Å²) in [5.74, 6) is 0. The van der Waals surface area contributed by atoms with E-state index >= 15 is 0 Å². The SMILES string of the molecule is CC1(C)CC(N(CCCN)C2CC2)C(C)(C)O1. The lowest BCUT2D eigenvalue weighted by Gasteiger charge is -2.36. The molecule has 3 nitrogen and oxygen atoms in total. The van der Waals surface area contributed by atoms with Gasteiger partial charge >= 0.3 is 0 Å². The molecule has 1 saturated heterocycles. The van der Waals surface area contributed by atoms with Crippen LogP contribution < -0.4 is 5.73 Å². The first kappa shape index (κ1) is 13.3. The van der Waals surface area contributed by atoms with Crippen LogP contribution in [-0.4, -0.2) is 41.3 Å². The number of ether oxygens (including phenoxy) is 1. The Morgan fingerprint density at radius 3 is 2.29 bits per heavy atom. The van der Waals surface area contributed by atoms with Crippen LogP contribution in [0.15, 0.2) is 0 Å². The van der Waals surface area contributed by atoms with Crippen molar-refractivity contribution in [1.29, 1.82) is 0 Å². The fourth-order valence-corrected chi connectivity index (χ4v) is 3.32. The van der Waals surface area contributed by atoms with Gasteiger partial charge in [-0.05, 0) is 59.9 Å². The van der Waals surface area contributed by atoms with Crippen molar-refractivity contribution in [2.45, 2.75) is 76.7 Å². The van der Waals surface area contributed by atoms with Crippen LogP contribution in [0, 0.1) is 0 Å². The van der Waals surface area contributed by atoms with Crippen LogP contribution >= 0.6 is 0 Å². The maximum absolute atomic E-state index is 6.21. The summed E-state index contributed by atoms with van der Waals surface area (Å²) in [6.45, 7) is 10.8. The van der Waals surface area contributed by atoms with E-state index in [1.54, 1.807) is 0 Å². The van der Waals surface area contributed by atoms with Crippen LogP contribution in [0.1, 0.15) is 53.4 Å². The molecule has 0 bridgehead atoms. The number of hydrogen-bond donors (Lipinski definition) is 1. The minimum atomic E-state index is -0.0271. The molecule has 0 aromatic carbocycles. The van der Waals surface area contributed by atoms with Crippen molar-refractivity contribution >= 4 is 0 Å². The summed E-state index contributed by atoms with van der Waals surface area (Å²) in [6, 6.07) is 1.35. The van der Waals surface area contributed by atoms with E-state index in [0.717, 1.165) is 32.0 Å². The zero-order valence-electron chi connectivity index (χ0n) is 11.8. The van der Waals surface area contributed by atoms with Gasteiger partial charge in [-0.3, -0.25) is 4.90 Å². The summed E-state index contributed by atoms with van der Waals surface area (Å²) in [5.41, 5.74) is 5.65.